The van der Waals surface area contributed by atoms with Crippen LogP contribution in [0.25, 0.3) is 0 Å². The Hall–Kier alpha value is -1.30. The Morgan fingerprint density at radius 1 is 1.25 bits per heavy atom. The number of nitrogens with one attached hydrogen (secondary N) is 2. The van der Waals surface area contributed by atoms with Gasteiger partial charge in [-0.3, -0.25) is 14.9 Å². The van der Waals surface area contributed by atoms with Crippen LogP contribution in [0.1, 0.15) is 13.3 Å². The number of rotatable bonds is 5. The van der Waals surface area contributed by atoms with Crippen LogP contribution in [0.3, 0.4) is 0 Å². The van der Waals surface area contributed by atoms with E-state index in [1.807, 2.05) is 12.2 Å². The standard InChI is InChI=1S/C9H16ClN3O3/c1-3-4-11-8(15)6-13(2)9(16)12-7(14)5-10/h3-6H2,1-2H3,(H,11,15)(H,12,14,16). The van der Waals surface area contributed by atoms with Gasteiger partial charge in [0.15, 0.2) is 0 Å². The Labute approximate surface area is 99.3 Å². The average molecular weight is 250 g/mol. The van der Waals surface area contributed by atoms with E-state index in [0.717, 1.165) is 11.3 Å². The minimum Gasteiger partial charge on any atom is -0.355 e. The van der Waals surface area contributed by atoms with Crippen molar-refractivity contribution >= 4 is 29.4 Å². The molecule has 0 atom stereocenters. The molecule has 0 saturated carbocycles. The molecule has 0 saturated heterocycles. The van der Waals surface area contributed by atoms with Crippen molar-refractivity contribution in [2.24, 2.45) is 0 Å². The third kappa shape index (κ3) is 6.23. The van der Waals surface area contributed by atoms with Gasteiger partial charge in [-0.25, -0.2) is 4.79 Å². The van der Waals surface area contributed by atoms with Crippen molar-refractivity contribution in [3.05, 3.63) is 0 Å². The quantitative estimate of drug-likeness (QED) is 0.669. The summed E-state index contributed by atoms with van der Waals surface area (Å²) in [5.41, 5.74) is 0. The molecule has 0 spiro atoms. The fraction of sp³-hybridized carbons (Fsp3) is 0.667. The number of amides is 4. The molecule has 0 aliphatic rings. The van der Waals surface area contributed by atoms with Crippen molar-refractivity contribution in [3.8, 4) is 0 Å². The van der Waals surface area contributed by atoms with Gasteiger partial charge in [0.25, 0.3) is 0 Å². The van der Waals surface area contributed by atoms with E-state index < -0.39 is 11.9 Å². The Kier molecular flexibility index (Phi) is 7.28. The number of carbonyl (C=O) groups excluding carboxylic acids is 3. The predicted molar refractivity (Wildman–Crippen MR) is 60.2 cm³/mol. The molecule has 16 heavy (non-hydrogen) atoms. The first kappa shape index (κ1) is 14.7. The van der Waals surface area contributed by atoms with Crippen LogP contribution < -0.4 is 10.6 Å². The number of imide groups is 1. The first-order chi connectivity index (χ1) is 7.51. The second-order valence-corrected chi connectivity index (χ2v) is 3.46. The maximum atomic E-state index is 11.3. The molecule has 0 aliphatic heterocycles. The van der Waals surface area contributed by atoms with Crippen molar-refractivity contribution in [2.75, 3.05) is 26.0 Å². The predicted octanol–water partition coefficient (Wildman–Crippen LogP) is -0.0806. The smallest absolute Gasteiger partial charge is 0.324 e. The zero-order valence-corrected chi connectivity index (χ0v) is 10.1. The molecule has 2 N–H and O–H groups in total. The van der Waals surface area contributed by atoms with Crippen LogP contribution in [-0.2, 0) is 9.59 Å². The van der Waals surface area contributed by atoms with Crippen molar-refractivity contribution < 1.29 is 14.4 Å². The summed E-state index contributed by atoms with van der Waals surface area (Å²) in [6.45, 7) is 2.39. The van der Waals surface area contributed by atoms with Crippen molar-refractivity contribution in [2.45, 2.75) is 13.3 Å². The molecule has 0 aromatic rings. The van der Waals surface area contributed by atoms with Crippen LogP contribution in [0.2, 0.25) is 0 Å². The molecule has 0 bridgehead atoms. The lowest BCUT2D eigenvalue weighted by molar-refractivity contribution is -0.122. The molecular formula is C9H16ClN3O3. The first-order valence-electron chi connectivity index (χ1n) is 4.88. The lowest BCUT2D eigenvalue weighted by Gasteiger charge is -2.16. The molecule has 92 valence electrons. The summed E-state index contributed by atoms with van der Waals surface area (Å²) < 4.78 is 0. The van der Waals surface area contributed by atoms with Gasteiger partial charge in [0.1, 0.15) is 12.4 Å². The van der Waals surface area contributed by atoms with Gasteiger partial charge in [-0.15, -0.1) is 11.6 Å². The van der Waals surface area contributed by atoms with Gasteiger partial charge >= 0.3 is 6.03 Å². The van der Waals surface area contributed by atoms with Gasteiger partial charge < -0.3 is 10.2 Å². The van der Waals surface area contributed by atoms with Gasteiger partial charge in [-0.05, 0) is 6.42 Å². The van der Waals surface area contributed by atoms with Crippen LogP contribution in [0.5, 0.6) is 0 Å². The summed E-state index contributed by atoms with van der Waals surface area (Å²) in [6, 6.07) is -0.641. The summed E-state index contributed by atoms with van der Waals surface area (Å²) in [4.78, 5) is 34.4. The van der Waals surface area contributed by atoms with Gasteiger partial charge in [0.2, 0.25) is 11.8 Å². The molecule has 0 radical (unpaired) electrons. The molecule has 4 amide bonds. The Morgan fingerprint density at radius 2 is 1.88 bits per heavy atom. The summed E-state index contributed by atoms with van der Waals surface area (Å²) in [6.07, 6.45) is 0.826. The van der Waals surface area contributed by atoms with Crippen LogP contribution in [-0.4, -0.2) is 48.8 Å². The van der Waals surface area contributed by atoms with Gasteiger partial charge in [-0.1, -0.05) is 6.92 Å². The Bertz CT molecular complexity index is 271. The molecular weight excluding hydrogens is 234 g/mol. The number of likely N-dealkylation sites (N-methyl/N-ethyl adjacent to an activating group) is 1. The second kappa shape index (κ2) is 7.92. The van der Waals surface area contributed by atoms with Crippen molar-refractivity contribution in [3.63, 3.8) is 0 Å². The number of carbonyl (C=O) groups is 3. The molecule has 0 unspecified atom stereocenters. The summed E-state index contributed by atoms with van der Waals surface area (Å²) in [7, 11) is 1.42. The van der Waals surface area contributed by atoms with E-state index in [1.165, 1.54) is 7.05 Å². The second-order valence-electron chi connectivity index (χ2n) is 3.19. The van der Waals surface area contributed by atoms with Gasteiger partial charge in [0, 0.05) is 13.6 Å². The van der Waals surface area contributed by atoms with Crippen LogP contribution >= 0.6 is 11.6 Å². The van der Waals surface area contributed by atoms with E-state index in [2.05, 4.69) is 5.32 Å². The molecule has 0 rings (SSSR count). The number of hydrogen-bond donors (Lipinski definition) is 2. The topological polar surface area (TPSA) is 78.5 Å². The lowest BCUT2D eigenvalue weighted by Crippen LogP contribution is -2.45. The number of nitrogens with zero attached hydrogens (tertiary/aromatic N) is 1. The normalized spacial score (nSPS) is 9.44. The SMILES string of the molecule is CCCNC(=O)CN(C)C(=O)NC(=O)CCl. The number of alkyl halides is 1. The van der Waals surface area contributed by atoms with Gasteiger partial charge in [0.05, 0.1) is 0 Å². The number of halogens is 1. The highest BCUT2D eigenvalue weighted by Gasteiger charge is 2.14. The van der Waals surface area contributed by atoms with E-state index >= 15 is 0 Å². The first-order valence-corrected chi connectivity index (χ1v) is 5.42. The summed E-state index contributed by atoms with van der Waals surface area (Å²) >= 11 is 5.21. The third-order valence-corrected chi connectivity index (χ3v) is 1.91. The fourth-order valence-electron chi connectivity index (χ4n) is 0.856. The highest BCUT2D eigenvalue weighted by atomic mass is 35.5. The van der Waals surface area contributed by atoms with Gasteiger partial charge in [-0.2, -0.15) is 0 Å². The maximum absolute atomic E-state index is 11.3. The fourth-order valence-corrected chi connectivity index (χ4v) is 0.922. The molecule has 7 heteroatoms. The van der Waals surface area contributed by atoms with Crippen molar-refractivity contribution in [1.29, 1.82) is 0 Å². The Morgan fingerprint density at radius 3 is 2.38 bits per heavy atom. The zero-order valence-electron chi connectivity index (χ0n) is 9.38. The minimum atomic E-state index is -0.641. The molecule has 0 heterocycles. The summed E-state index contributed by atoms with van der Waals surface area (Å²) in [5.74, 6) is -1.15. The lowest BCUT2D eigenvalue weighted by atomic mass is 10.4. The van der Waals surface area contributed by atoms with E-state index in [-0.39, 0.29) is 18.3 Å². The van der Waals surface area contributed by atoms with Crippen LogP contribution in [0, 0.1) is 0 Å². The van der Waals surface area contributed by atoms with Crippen molar-refractivity contribution in [1.82, 2.24) is 15.5 Å². The van der Waals surface area contributed by atoms with E-state index in [1.54, 1.807) is 0 Å². The molecule has 0 aliphatic carbocycles. The van der Waals surface area contributed by atoms with Crippen LogP contribution in [0.4, 0.5) is 4.79 Å². The maximum Gasteiger partial charge on any atom is 0.324 e. The van der Waals surface area contributed by atoms with E-state index in [0.29, 0.717) is 6.54 Å². The zero-order chi connectivity index (χ0) is 12.6. The minimum absolute atomic E-state index is 0.0958. The third-order valence-electron chi connectivity index (χ3n) is 1.67. The molecule has 0 aromatic heterocycles. The molecule has 0 aromatic carbocycles. The van der Waals surface area contributed by atoms with E-state index in [4.69, 9.17) is 11.6 Å². The highest BCUT2D eigenvalue weighted by Crippen LogP contribution is 1.86. The number of hydrogen-bond acceptors (Lipinski definition) is 3. The van der Waals surface area contributed by atoms with E-state index in [9.17, 15) is 14.4 Å². The molecule has 0 fully saturated rings. The average Bonchev–Trinajstić information content (AvgIpc) is 2.25. The van der Waals surface area contributed by atoms with Crippen LogP contribution in [0.15, 0.2) is 0 Å². The number of urea groups is 1. The summed E-state index contributed by atoms with van der Waals surface area (Å²) in [5, 5.41) is 4.64. The largest absolute Gasteiger partial charge is 0.355 e. The highest BCUT2D eigenvalue weighted by molar-refractivity contribution is 6.28. The molecule has 6 nitrogen and oxygen atoms in total. The monoisotopic (exact) mass is 249 g/mol. The Balaban J connectivity index is 3.95.